The van der Waals surface area contributed by atoms with E-state index in [9.17, 15) is 8.42 Å². The number of rotatable bonds is 2. The van der Waals surface area contributed by atoms with Gasteiger partial charge in [0, 0.05) is 13.1 Å². The third-order valence-electron chi connectivity index (χ3n) is 1.24. The normalized spacial score (nSPS) is 11.5. The van der Waals surface area contributed by atoms with Crippen LogP contribution in [0.3, 0.4) is 0 Å². The average molecular weight is 176 g/mol. The Morgan fingerprint density at radius 2 is 2.27 bits per heavy atom. The molecule has 0 amide bonds. The third kappa shape index (κ3) is 1.70. The van der Waals surface area contributed by atoms with Gasteiger partial charge in [-0.1, -0.05) is 5.16 Å². The summed E-state index contributed by atoms with van der Waals surface area (Å²) in [4.78, 5) is 0. The Balaban J connectivity index is 2.97. The predicted molar refractivity (Wildman–Crippen MR) is 39.7 cm³/mol. The number of hydrogen-bond donors (Lipinski definition) is 0. The molecule has 0 saturated heterocycles. The molecule has 0 aliphatic heterocycles. The fraction of sp³-hybridized carbons (Fsp3) is 0.400. The molecule has 0 aliphatic rings. The lowest BCUT2D eigenvalue weighted by atomic mass is 10.6. The van der Waals surface area contributed by atoms with Crippen LogP contribution in [0.25, 0.3) is 0 Å². The van der Waals surface area contributed by atoms with E-state index in [0.29, 0.717) is 0 Å². The summed E-state index contributed by atoms with van der Waals surface area (Å²) in [6.45, 7) is 0. The van der Waals surface area contributed by atoms with E-state index in [2.05, 4.69) is 9.68 Å². The second kappa shape index (κ2) is 2.54. The lowest BCUT2D eigenvalue weighted by Gasteiger charge is -2.10. The van der Waals surface area contributed by atoms with Crippen LogP contribution in [0.4, 0.5) is 5.82 Å². The van der Waals surface area contributed by atoms with Gasteiger partial charge in [-0.25, -0.2) is 8.42 Å². The first kappa shape index (κ1) is 8.06. The molecule has 0 spiro atoms. The van der Waals surface area contributed by atoms with Crippen LogP contribution in [0.15, 0.2) is 16.9 Å². The van der Waals surface area contributed by atoms with Crippen LogP contribution < -0.4 is 4.31 Å². The van der Waals surface area contributed by atoms with Crippen LogP contribution >= 0.6 is 0 Å². The zero-order valence-corrected chi connectivity index (χ0v) is 7.00. The van der Waals surface area contributed by atoms with Gasteiger partial charge in [-0.15, -0.1) is 0 Å². The fourth-order valence-electron chi connectivity index (χ4n) is 0.538. The Hall–Kier alpha value is -1.04. The molecule has 5 nitrogen and oxygen atoms in total. The molecule has 0 saturated carbocycles. The minimum absolute atomic E-state index is 0.285. The molecule has 1 rings (SSSR count). The Kier molecular flexibility index (Phi) is 1.86. The molecule has 0 radical (unpaired) electrons. The molecule has 1 aromatic heterocycles. The van der Waals surface area contributed by atoms with Crippen LogP contribution in [0.2, 0.25) is 0 Å². The average Bonchev–Trinajstić information content (AvgIpc) is 2.34. The zero-order chi connectivity index (χ0) is 8.48. The van der Waals surface area contributed by atoms with Crippen molar-refractivity contribution in [3.05, 3.63) is 12.3 Å². The second-order valence-electron chi connectivity index (χ2n) is 2.09. The molecule has 1 aromatic rings. The molecule has 1 heterocycles. The minimum Gasteiger partial charge on any atom is -0.363 e. The first-order valence-electron chi connectivity index (χ1n) is 2.86. The highest BCUT2D eigenvalue weighted by Crippen LogP contribution is 2.10. The molecule has 0 fully saturated rings. The Bertz CT molecular complexity index is 316. The summed E-state index contributed by atoms with van der Waals surface area (Å²) >= 11 is 0. The fourth-order valence-corrected chi connectivity index (χ4v) is 0.972. The lowest BCUT2D eigenvalue weighted by Crippen LogP contribution is -2.24. The smallest absolute Gasteiger partial charge is 0.233 e. The molecule has 0 bridgehead atoms. The molecule has 0 aliphatic carbocycles. The van der Waals surface area contributed by atoms with Crippen molar-refractivity contribution in [3.8, 4) is 0 Å². The predicted octanol–water partition coefficient (Wildman–Crippen LogP) is 0.0704. The van der Waals surface area contributed by atoms with Crippen molar-refractivity contribution in [1.82, 2.24) is 5.16 Å². The van der Waals surface area contributed by atoms with Crippen molar-refractivity contribution in [3.63, 3.8) is 0 Å². The SMILES string of the molecule is CN(c1ccon1)S(C)(=O)=O. The van der Waals surface area contributed by atoms with Gasteiger partial charge < -0.3 is 4.52 Å². The van der Waals surface area contributed by atoms with E-state index in [0.717, 1.165) is 10.6 Å². The highest BCUT2D eigenvalue weighted by molar-refractivity contribution is 7.92. The van der Waals surface area contributed by atoms with Gasteiger partial charge in [-0.2, -0.15) is 0 Å². The summed E-state index contributed by atoms with van der Waals surface area (Å²) in [5, 5.41) is 3.45. The van der Waals surface area contributed by atoms with E-state index in [1.54, 1.807) is 0 Å². The van der Waals surface area contributed by atoms with Crippen molar-refractivity contribution in [2.75, 3.05) is 17.6 Å². The van der Waals surface area contributed by atoms with E-state index in [1.807, 2.05) is 0 Å². The molecule has 62 valence electrons. The van der Waals surface area contributed by atoms with Crippen LogP contribution in [0.5, 0.6) is 0 Å². The van der Waals surface area contributed by atoms with Gasteiger partial charge in [0.15, 0.2) is 5.82 Å². The van der Waals surface area contributed by atoms with Gasteiger partial charge in [-0.3, -0.25) is 4.31 Å². The molecule has 0 aromatic carbocycles. The van der Waals surface area contributed by atoms with Gasteiger partial charge in [0.2, 0.25) is 10.0 Å². The number of anilines is 1. The number of sulfonamides is 1. The maximum Gasteiger partial charge on any atom is 0.233 e. The summed E-state index contributed by atoms with van der Waals surface area (Å²) in [5.41, 5.74) is 0. The highest BCUT2D eigenvalue weighted by Gasteiger charge is 2.13. The number of hydrogen-bond acceptors (Lipinski definition) is 4. The molecule has 0 unspecified atom stereocenters. The Morgan fingerprint density at radius 1 is 1.64 bits per heavy atom. The first-order valence-corrected chi connectivity index (χ1v) is 4.71. The van der Waals surface area contributed by atoms with E-state index < -0.39 is 10.0 Å². The molecule has 11 heavy (non-hydrogen) atoms. The summed E-state index contributed by atoms with van der Waals surface area (Å²) in [6.07, 6.45) is 2.42. The van der Waals surface area contributed by atoms with Crippen molar-refractivity contribution in [2.24, 2.45) is 0 Å². The van der Waals surface area contributed by atoms with Crippen molar-refractivity contribution in [1.29, 1.82) is 0 Å². The van der Waals surface area contributed by atoms with Crippen molar-refractivity contribution < 1.29 is 12.9 Å². The van der Waals surface area contributed by atoms with Gasteiger partial charge in [0.25, 0.3) is 0 Å². The topological polar surface area (TPSA) is 63.4 Å². The second-order valence-corrected chi connectivity index (χ2v) is 4.10. The van der Waals surface area contributed by atoms with Crippen LogP contribution in [-0.4, -0.2) is 26.9 Å². The van der Waals surface area contributed by atoms with Crippen LogP contribution in [0, 0.1) is 0 Å². The van der Waals surface area contributed by atoms with Crippen LogP contribution in [-0.2, 0) is 10.0 Å². The first-order chi connectivity index (χ1) is 5.02. The maximum atomic E-state index is 10.9. The van der Waals surface area contributed by atoms with Crippen molar-refractivity contribution >= 4 is 15.8 Å². The minimum atomic E-state index is -3.21. The maximum absolute atomic E-state index is 10.9. The van der Waals surface area contributed by atoms with Gasteiger partial charge >= 0.3 is 0 Å². The summed E-state index contributed by atoms with van der Waals surface area (Å²) in [6, 6.07) is 1.47. The van der Waals surface area contributed by atoms with Gasteiger partial charge in [0.1, 0.15) is 6.26 Å². The van der Waals surface area contributed by atoms with E-state index in [1.165, 1.54) is 19.4 Å². The zero-order valence-electron chi connectivity index (χ0n) is 6.18. The monoisotopic (exact) mass is 176 g/mol. The largest absolute Gasteiger partial charge is 0.363 e. The van der Waals surface area contributed by atoms with Crippen molar-refractivity contribution in [2.45, 2.75) is 0 Å². The molecule has 6 heteroatoms. The summed E-state index contributed by atoms with van der Waals surface area (Å²) in [5.74, 6) is 0.285. The standard InChI is InChI=1S/C5H8N2O3S/c1-7(11(2,8)9)5-3-4-10-6-5/h3-4H,1-2H3. The quantitative estimate of drug-likeness (QED) is 0.639. The number of nitrogens with zero attached hydrogens (tertiary/aromatic N) is 2. The van der Waals surface area contributed by atoms with Crippen LogP contribution in [0.1, 0.15) is 0 Å². The highest BCUT2D eigenvalue weighted by atomic mass is 32.2. The molecular weight excluding hydrogens is 168 g/mol. The van der Waals surface area contributed by atoms with E-state index >= 15 is 0 Å². The number of aromatic nitrogens is 1. The summed E-state index contributed by atoms with van der Waals surface area (Å²) in [7, 11) is -1.81. The molecular formula is C5H8N2O3S. The Morgan fingerprint density at radius 3 is 2.64 bits per heavy atom. The van der Waals surface area contributed by atoms with E-state index in [-0.39, 0.29) is 5.82 Å². The molecule has 0 N–H and O–H groups in total. The summed E-state index contributed by atoms with van der Waals surface area (Å²) < 4.78 is 27.3. The van der Waals surface area contributed by atoms with Gasteiger partial charge in [-0.05, 0) is 0 Å². The molecule has 0 atom stereocenters. The van der Waals surface area contributed by atoms with Gasteiger partial charge in [0.05, 0.1) is 6.26 Å². The lowest BCUT2D eigenvalue weighted by molar-refractivity contribution is 0.421. The van der Waals surface area contributed by atoms with E-state index in [4.69, 9.17) is 0 Å². The Labute approximate surface area is 64.6 Å². The third-order valence-corrected chi connectivity index (χ3v) is 2.43.